The minimum Gasteiger partial charge on any atom is -0.389 e. The first-order chi connectivity index (χ1) is 11.5. The second-order valence-corrected chi connectivity index (χ2v) is 6.16. The molecule has 0 aliphatic heterocycles. The largest absolute Gasteiger partial charge is 0.389 e. The van der Waals surface area contributed by atoms with Gasteiger partial charge in [-0.25, -0.2) is 0 Å². The zero-order chi connectivity index (χ0) is 20.0. The van der Waals surface area contributed by atoms with Crippen molar-refractivity contribution >= 4 is 0 Å². The maximum atomic E-state index is 11.6. The summed E-state index contributed by atoms with van der Waals surface area (Å²) in [5.74, 6) is 0.479. The van der Waals surface area contributed by atoms with Crippen molar-refractivity contribution in [2.75, 3.05) is 0 Å². The first kappa shape index (κ1) is 4.57. The van der Waals surface area contributed by atoms with Gasteiger partial charge in [-0.3, -0.25) is 0 Å². The zero-order valence-corrected chi connectivity index (χ0v) is 9.42. The lowest BCUT2D eigenvalue weighted by Crippen LogP contribution is -2.57. The molecule has 0 saturated heterocycles. The summed E-state index contributed by atoms with van der Waals surface area (Å²) in [6, 6.07) is 0. The van der Waals surface area contributed by atoms with Crippen molar-refractivity contribution in [1.29, 1.82) is 0 Å². The molecule has 16 heavy (non-hydrogen) atoms. The number of hydrogen-bond donors (Lipinski definition) is 1. The minimum atomic E-state index is -3.40. The Morgan fingerprint density at radius 1 is 1.12 bits per heavy atom. The highest BCUT2D eigenvalue weighted by Crippen LogP contribution is 2.64. The minimum absolute atomic E-state index is 0.160. The molecule has 4 aliphatic rings. The third-order valence-electron chi connectivity index (χ3n) is 5.17. The van der Waals surface area contributed by atoms with Crippen LogP contribution in [-0.2, 0) is 0 Å². The Morgan fingerprint density at radius 3 is 1.94 bits per heavy atom. The summed E-state index contributed by atoms with van der Waals surface area (Å²) in [5, 5.41) is 11.6. The molecule has 4 aliphatic carbocycles. The lowest BCUT2D eigenvalue weighted by Gasteiger charge is -2.62. The van der Waals surface area contributed by atoms with Crippen LogP contribution >= 0.6 is 0 Å². The fraction of sp³-hybridized carbons (Fsp3) is 1.00. The Bertz CT molecular complexity index is 515. The Morgan fingerprint density at radius 2 is 1.56 bits per heavy atom. The van der Waals surface area contributed by atoms with E-state index in [-0.39, 0.29) is 37.0 Å². The molecule has 4 saturated carbocycles. The summed E-state index contributed by atoms with van der Waals surface area (Å²) >= 11 is 0. The van der Waals surface area contributed by atoms with Gasteiger partial charge in [0.05, 0.1) is 5.60 Å². The predicted molar refractivity (Wildman–Crippen MR) is 66.1 cm³/mol. The van der Waals surface area contributed by atoms with E-state index in [2.05, 4.69) is 0 Å². The summed E-state index contributed by atoms with van der Waals surface area (Å²) in [7, 11) is 0. The fourth-order valence-electron chi connectivity index (χ4n) is 4.85. The van der Waals surface area contributed by atoms with Crippen LogP contribution < -0.4 is 0 Å². The second-order valence-electron chi connectivity index (χ2n) is 6.16. The van der Waals surface area contributed by atoms with Gasteiger partial charge in [-0.05, 0) is 74.4 Å². The topological polar surface area (TPSA) is 20.2 Å². The van der Waals surface area contributed by atoms with Crippen molar-refractivity contribution in [2.45, 2.75) is 70.6 Å². The molecule has 1 heteroatoms. The van der Waals surface area contributed by atoms with Crippen LogP contribution in [0.5, 0.6) is 0 Å². The van der Waals surface area contributed by atoms with E-state index in [0.29, 0.717) is 0 Å². The Hall–Kier alpha value is -0.0400. The maximum absolute atomic E-state index is 11.6. The normalized spacial score (nSPS) is 58.9. The molecule has 0 heterocycles. The van der Waals surface area contributed by atoms with Gasteiger partial charge in [-0.15, -0.1) is 0 Å². The van der Waals surface area contributed by atoms with Gasteiger partial charge in [0.25, 0.3) is 0 Å². The zero-order valence-electron chi connectivity index (χ0n) is 19.4. The molecule has 1 N–H and O–H groups in total. The third-order valence-corrected chi connectivity index (χ3v) is 5.17. The van der Waals surface area contributed by atoms with Crippen molar-refractivity contribution < 1.29 is 18.8 Å². The van der Waals surface area contributed by atoms with Crippen LogP contribution in [0, 0.1) is 23.2 Å². The molecule has 0 aromatic carbocycles. The molecule has 0 unspecified atom stereocenters. The van der Waals surface area contributed by atoms with E-state index in [4.69, 9.17) is 13.7 Å². The summed E-state index contributed by atoms with van der Waals surface area (Å²) in [6.45, 7) is -6.71. The molecule has 0 aromatic rings. The van der Waals surface area contributed by atoms with Crippen LogP contribution in [-0.4, -0.2) is 10.7 Å². The second kappa shape index (κ2) is 3.48. The predicted octanol–water partition coefficient (Wildman–Crippen LogP) is 3.75. The molecule has 0 atom stereocenters. The van der Waals surface area contributed by atoms with E-state index < -0.39 is 37.5 Å². The van der Waals surface area contributed by atoms with Gasteiger partial charge in [0.15, 0.2) is 0 Å². The van der Waals surface area contributed by atoms with Crippen molar-refractivity contribution in [1.82, 2.24) is 0 Å². The third kappa shape index (κ3) is 1.33. The van der Waals surface area contributed by atoms with E-state index in [1.54, 1.807) is 0 Å². The average molecular weight is 232 g/mol. The van der Waals surface area contributed by atoms with Crippen molar-refractivity contribution in [3.8, 4) is 0 Å². The molecular weight excluding hydrogens is 196 g/mol. The molecule has 0 amide bonds. The molecule has 0 radical (unpaired) electrons. The van der Waals surface area contributed by atoms with Gasteiger partial charge in [0, 0.05) is 13.7 Å². The highest BCUT2D eigenvalue weighted by atomic mass is 16.3. The van der Waals surface area contributed by atoms with Crippen LogP contribution in [0.3, 0.4) is 0 Å². The molecule has 4 fully saturated rings. The van der Waals surface area contributed by atoms with E-state index in [9.17, 15) is 5.11 Å². The van der Waals surface area contributed by atoms with E-state index in [1.807, 2.05) is 0 Å². The first-order valence-corrected chi connectivity index (χ1v) is 6.21. The molecule has 92 valence electrons. The fourth-order valence-corrected chi connectivity index (χ4v) is 4.85. The smallest absolute Gasteiger partial charge is 0.0698 e. The monoisotopic (exact) mass is 232 g/mol. The molecule has 0 spiro atoms. The van der Waals surface area contributed by atoms with Crippen molar-refractivity contribution in [3.05, 3.63) is 0 Å². The van der Waals surface area contributed by atoms with Crippen molar-refractivity contribution in [2.24, 2.45) is 23.2 Å². The summed E-state index contributed by atoms with van der Waals surface area (Å²) in [5.41, 5.74) is -4.52. The van der Waals surface area contributed by atoms with Gasteiger partial charge >= 0.3 is 0 Å². The summed E-state index contributed by atoms with van der Waals surface area (Å²) in [4.78, 5) is 0. The van der Waals surface area contributed by atoms with E-state index in [1.165, 1.54) is 0 Å². The molecule has 1 nitrogen and oxygen atoms in total. The van der Waals surface area contributed by atoms with E-state index >= 15 is 0 Å². The first-order valence-electron chi connectivity index (χ1n) is 11.2. The van der Waals surface area contributed by atoms with Gasteiger partial charge in [0.1, 0.15) is 0 Å². The molecule has 4 rings (SSSR count). The molecule has 0 aromatic heterocycles. The number of hydrogen-bond acceptors (Lipinski definition) is 1. The standard InChI is InChI=1S/C15H26O/c1-3-15(16,4-2)14-8-11-5-12(9-14)7-13(6-11)10-14/h11-13,16H,3-10H2,1-2H3/i1D3,2D3,3D2,4D2. The van der Waals surface area contributed by atoms with Crippen LogP contribution in [0.1, 0.15) is 78.7 Å². The number of rotatable bonds is 3. The quantitative estimate of drug-likeness (QED) is 0.785. The lowest BCUT2D eigenvalue weighted by molar-refractivity contribution is -0.181. The van der Waals surface area contributed by atoms with Crippen LogP contribution in [0.15, 0.2) is 0 Å². The molecular formula is C15H26O. The van der Waals surface area contributed by atoms with Crippen LogP contribution in [0.4, 0.5) is 0 Å². The number of aliphatic hydroxyl groups is 1. The lowest BCUT2D eigenvalue weighted by atomic mass is 9.44. The summed E-state index contributed by atoms with van der Waals surface area (Å²) < 4.78 is 78.9. The Kier molecular flexibility index (Phi) is 0.993. The van der Waals surface area contributed by atoms with Gasteiger partial charge < -0.3 is 5.11 Å². The van der Waals surface area contributed by atoms with Gasteiger partial charge in [-0.2, -0.15) is 0 Å². The van der Waals surface area contributed by atoms with Crippen LogP contribution in [0.25, 0.3) is 0 Å². The Balaban J connectivity index is 2.23. The average Bonchev–Trinajstić information content (AvgIpc) is 2.41. The summed E-state index contributed by atoms with van der Waals surface area (Å²) in [6.07, 6.45) is -3.25. The maximum Gasteiger partial charge on any atom is 0.0698 e. The van der Waals surface area contributed by atoms with Gasteiger partial charge in [0.2, 0.25) is 0 Å². The SMILES string of the molecule is [2H]C([2H])([2H])C([2H])([2H])C(O)(C12CC3CC(CC(C3)C1)C2)C([2H])([2H])C([2H])([2H])[2H]. The van der Waals surface area contributed by atoms with Gasteiger partial charge in [-0.1, -0.05) is 13.7 Å². The Labute approximate surface area is 114 Å². The van der Waals surface area contributed by atoms with Crippen molar-refractivity contribution in [3.63, 3.8) is 0 Å². The van der Waals surface area contributed by atoms with Crippen LogP contribution in [0.2, 0.25) is 0 Å². The van der Waals surface area contributed by atoms with E-state index in [0.717, 1.165) is 19.3 Å². The highest BCUT2D eigenvalue weighted by molar-refractivity contribution is 5.09. The molecule has 4 bridgehead atoms. The highest BCUT2D eigenvalue weighted by Gasteiger charge is 2.58.